The van der Waals surface area contributed by atoms with Crippen LogP contribution in [0.5, 0.6) is 0 Å². The molecule has 1 aliphatic rings. The number of hydrogen-bond acceptors (Lipinski definition) is 6. The van der Waals surface area contributed by atoms with Crippen LogP contribution in [-0.4, -0.2) is 40.1 Å². The van der Waals surface area contributed by atoms with Gasteiger partial charge in [0.05, 0.1) is 10.8 Å². The normalized spacial score (nSPS) is 17.3. The van der Waals surface area contributed by atoms with Crippen molar-refractivity contribution in [2.75, 3.05) is 23.1 Å². The molecule has 34 heavy (non-hydrogen) atoms. The van der Waals surface area contributed by atoms with E-state index in [0.29, 0.717) is 30.8 Å². The molecule has 1 amide bonds. The summed E-state index contributed by atoms with van der Waals surface area (Å²) in [6.07, 6.45) is 1.17. The van der Waals surface area contributed by atoms with Crippen molar-refractivity contribution in [1.29, 1.82) is 0 Å². The fourth-order valence-corrected chi connectivity index (χ4v) is 7.51. The van der Waals surface area contributed by atoms with Crippen LogP contribution in [0, 0.1) is 12.8 Å². The van der Waals surface area contributed by atoms with E-state index < -0.39 is 26.0 Å². The van der Waals surface area contributed by atoms with Gasteiger partial charge in [-0.15, -0.1) is 11.3 Å². The van der Waals surface area contributed by atoms with Gasteiger partial charge < -0.3 is 5.32 Å². The van der Waals surface area contributed by atoms with Crippen LogP contribution in [0.3, 0.4) is 0 Å². The number of carbonyl (C=O) groups is 1. The lowest BCUT2D eigenvalue weighted by Gasteiger charge is -2.30. The van der Waals surface area contributed by atoms with Crippen LogP contribution in [0.1, 0.15) is 18.4 Å². The largest absolute Gasteiger partial charge is 0.326 e. The minimum atomic E-state index is -3.78. The van der Waals surface area contributed by atoms with Crippen LogP contribution in [0.25, 0.3) is 0 Å². The molecule has 11 heteroatoms. The van der Waals surface area contributed by atoms with Crippen molar-refractivity contribution in [3.63, 3.8) is 0 Å². The van der Waals surface area contributed by atoms with Gasteiger partial charge in [0, 0.05) is 24.5 Å². The molecule has 180 valence electrons. The number of nitrogens with one attached hydrogen (secondary N) is 2. The van der Waals surface area contributed by atoms with Gasteiger partial charge in [0.2, 0.25) is 5.91 Å². The summed E-state index contributed by atoms with van der Waals surface area (Å²) in [5, 5.41) is 4.49. The molecule has 0 spiro atoms. The monoisotopic (exact) mass is 519 g/mol. The zero-order valence-electron chi connectivity index (χ0n) is 18.5. The second kappa shape index (κ2) is 9.87. The minimum absolute atomic E-state index is 0.0675. The molecule has 0 radical (unpaired) electrons. The van der Waals surface area contributed by atoms with E-state index in [1.54, 1.807) is 35.7 Å². The van der Waals surface area contributed by atoms with Crippen LogP contribution < -0.4 is 10.0 Å². The molecule has 0 saturated carbocycles. The Morgan fingerprint density at radius 2 is 1.76 bits per heavy atom. The van der Waals surface area contributed by atoms with Gasteiger partial charge in [-0.1, -0.05) is 18.2 Å². The molecule has 2 N–H and O–H groups in total. The summed E-state index contributed by atoms with van der Waals surface area (Å²) < 4.78 is 55.1. The molecule has 1 saturated heterocycles. The fourth-order valence-electron chi connectivity index (χ4n) is 3.80. The van der Waals surface area contributed by atoms with E-state index in [1.165, 1.54) is 28.6 Å². The van der Waals surface area contributed by atoms with Gasteiger partial charge in [0.1, 0.15) is 4.21 Å². The Labute approximate surface area is 203 Å². The SMILES string of the molecule is Cc1cccc(NS(=O)(=O)c2ccc(NC(=O)[C@@H]3CCCN(S(=O)(=O)c4cccs4)C3)cc2)c1. The lowest BCUT2D eigenvalue weighted by molar-refractivity contribution is -0.120. The van der Waals surface area contributed by atoms with Crippen molar-refractivity contribution < 1.29 is 21.6 Å². The van der Waals surface area contributed by atoms with Crippen LogP contribution in [0.2, 0.25) is 0 Å². The van der Waals surface area contributed by atoms with E-state index in [0.717, 1.165) is 16.9 Å². The third kappa shape index (κ3) is 5.49. The summed E-state index contributed by atoms with van der Waals surface area (Å²) >= 11 is 1.16. The molecule has 3 aromatic rings. The first-order valence-corrected chi connectivity index (χ1v) is 14.5. The van der Waals surface area contributed by atoms with E-state index >= 15 is 0 Å². The average molecular weight is 520 g/mol. The quantitative estimate of drug-likeness (QED) is 0.492. The highest BCUT2D eigenvalue weighted by atomic mass is 32.2. The summed E-state index contributed by atoms with van der Waals surface area (Å²) in [7, 11) is -7.39. The number of sulfonamides is 2. The number of piperidine rings is 1. The Balaban J connectivity index is 1.40. The molecular weight excluding hydrogens is 494 g/mol. The lowest BCUT2D eigenvalue weighted by atomic mass is 9.99. The predicted octanol–water partition coefficient (Wildman–Crippen LogP) is 3.90. The van der Waals surface area contributed by atoms with Gasteiger partial charge in [-0.25, -0.2) is 16.8 Å². The maximum atomic E-state index is 12.8. The van der Waals surface area contributed by atoms with E-state index in [1.807, 2.05) is 13.0 Å². The molecule has 4 rings (SSSR count). The molecule has 1 aromatic heterocycles. The Morgan fingerprint density at radius 1 is 1.00 bits per heavy atom. The van der Waals surface area contributed by atoms with E-state index in [4.69, 9.17) is 0 Å². The van der Waals surface area contributed by atoms with Crippen molar-refractivity contribution in [3.05, 3.63) is 71.6 Å². The standard InChI is InChI=1S/C23H25N3O5S3/c1-17-5-2-7-20(15-17)25-33(28,29)21-11-9-19(10-12-21)24-23(27)18-6-3-13-26(16-18)34(30,31)22-8-4-14-32-22/h2,4-5,7-12,14-15,18,25H,3,6,13,16H2,1H3,(H,24,27)/t18-/m1/s1. The van der Waals surface area contributed by atoms with Gasteiger partial charge in [0.15, 0.2) is 0 Å². The Bertz CT molecular complexity index is 1370. The van der Waals surface area contributed by atoms with Gasteiger partial charge in [-0.2, -0.15) is 4.31 Å². The van der Waals surface area contributed by atoms with Crippen molar-refractivity contribution in [1.82, 2.24) is 4.31 Å². The topological polar surface area (TPSA) is 113 Å². The molecule has 0 aliphatic carbocycles. The number of benzene rings is 2. The van der Waals surface area contributed by atoms with Crippen LogP contribution in [0.4, 0.5) is 11.4 Å². The highest BCUT2D eigenvalue weighted by molar-refractivity contribution is 7.92. The Morgan fingerprint density at radius 3 is 2.44 bits per heavy atom. The third-order valence-corrected chi connectivity index (χ3v) is 10.2. The number of rotatable bonds is 7. The number of carbonyl (C=O) groups excluding carboxylic acids is 1. The average Bonchev–Trinajstić information content (AvgIpc) is 3.35. The highest BCUT2D eigenvalue weighted by Gasteiger charge is 2.33. The van der Waals surface area contributed by atoms with Crippen LogP contribution >= 0.6 is 11.3 Å². The summed E-state index contributed by atoms with van der Waals surface area (Å²) in [4.78, 5) is 12.9. The van der Waals surface area contributed by atoms with Crippen molar-refractivity contribution in [3.8, 4) is 0 Å². The first-order valence-electron chi connectivity index (χ1n) is 10.7. The van der Waals surface area contributed by atoms with Crippen molar-refractivity contribution in [2.24, 2.45) is 5.92 Å². The summed E-state index contributed by atoms with van der Waals surface area (Å²) in [6, 6.07) is 16.2. The maximum Gasteiger partial charge on any atom is 0.261 e. The first-order chi connectivity index (χ1) is 16.1. The number of anilines is 2. The van der Waals surface area contributed by atoms with Crippen LogP contribution in [0.15, 0.2) is 75.1 Å². The number of hydrogen-bond donors (Lipinski definition) is 2. The predicted molar refractivity (Wildman–Crippen MR) is 133 cm³/mol. The number of amides is 1. The molecule has 1 fully saturated rings. The molecular formula is C23H25N3O5S3. The molecule has 1 atom stereocenters. The lowest BCUT2D eigenvalue weighted by Crippen LogP contribution is -2.43. The second-order valence-corrected chi connectivity index (χ2v) is 12.9. The highest BCUT2D eigenvalue weighted by Crippen LogP contribution is 2.27. The van der Waals surface area contributed by atoms with E-state index in [9.17, 15) is 21.6 Å². The zero-order valence-corrected chi connectivity index (χ0v) is 20.9. The number of nitrogens with zero attached hydrogens (tertiary/aromatic N) is 1. The van der Waals surface area contributed by atoms with Crippen LogP contribution in [-0.2, 0) is 24.8 Å². The number of aryl methyl sites for hydroxylation is 1. The third-order valence-electron chi connectivity index (χ3n) is 5.55. The smallest absolute Gasteiger partial charge is 0.261 e. The van der Waals surface area contributed by atoms with E-state index in [2.05, 4.69) is 10.0 Å². The Hall–Kier alpha value is -2.73. The van der Waals surface area contributed by atoms with Gasteiger partial charge in [0.25, 0.3) is 20.0 Å². The fraction of sp³-hybridized carbons (Fsp3) is 0.261. The summed E-state index contributed by atoms with van der Waals surface area (Å²) in [5.41, 5.74) is 1.84. The molecule has 0 bridgehead atoms. The molecule has 1 aliphatic heterocycles. The summed E-state index contributed by atoms with van der Waals surface area (Å²) in [5.74, 6) is -0.783. The second-order valence-electron chi connectivity index (χ2n) is 8.12. The van der Waals surface area contributed by atoms with Crippen molar-refractivity contribution >= 4 is 48.7 Å². The maximum absolute atomic E-state index is 12.8. The number of thiophene rings is 1. The minimum Gasteiger partial charge on any atom is -0.326 e. The van der Waals surface area contributed by atoms with Crippen molar-refractivity contribution in [2.45, 2.75) is 28.9 Å². The molecule has 2 heterocycles. The Kier molecular flexibility index (Phi) is 7.08. The molecule has 0 unspecified atom stereocenters. The molecule has 2 aromatic carbocycles. The van der Waals surface area contributed by atoms with Gasteiger partial charge in [-0.05, 0) is 73.2 Å². The zero-order chi connectivity index (χ0) is 24.3. The van der Waals surface area contributed by atoms with Gasteiger partial charge >= 0.3 is 0 Å². The summed E-state index contributed by atoms with van der Waals surface area (Å²) in [6.45, 7) is 2.36. The molecule has 8 nitrogen and oxygen atoms in total. The first kappa shape index (κ1) is 24.4. The van der Waals surface area contributed by atoms with Gasteiger partial charge in [-0.3, -0.25) is 9.52 Å². The van der Waals surface area contributed by atoms with E-state index in [-0.39, 0.29) is 21.6 Å².